The molecule has 0 N–H and O–H groups in total. The molecule has 0 radical (unpaired) electrons. The van der Waals surface area contributed by atoms with Crippen molar-refractivity contribution >= 4 is 10.2 Å². The first kappa shape index (κ1) is 15.9. The Morgan fingerprint density at radius 1 is 1.14 bits per heavy atom. The third-order valence-corrected chi connectivity index (χ3v) is 6.85. The van der Waals surface area contributed by atoms with Gasteiger partial charge in [0.25, 0.3) is 10.2 Å². The van der Waals surface area contributed by atoms with E-state index in [1.807, 2.05) is 6.07 Å². The fourth-order valence-corrected chi connectivity index (χ4v) is 5.30. The summed E-state index contributed by atoms with van der Waals surface area (Å²) in [6.07, 6.45) is 3.41. The lowest BCUT2D eigenvalue weighted by molar-refractivity contribution is 0.260. The minimum atomic E-state index is -3.45. The largest absolute Gasteiger partial charge is 0.282 e. The van der Waals surface area contributed by atoms with Crippen molar-refractivity contribution in [2.45, 2.75) is 38.6 Å². The van der Waals surface area contributed by atoms with Gasteiger partial charge in [0.05, 0.1) is 6.04 Å². The summed E-state index contributed by atoms with van der Waals surface area (Å²) in [4.78, 5) is 0. The summed E-state index contributed by atoms with van der Waals surface area (Å²) >= 11 is 0. The number of hydrogen-bond donors (Lipinski definition) is 0. The normalized spacial score (nSPS) is 25.6. The molecule has 2 saturated heterocycles. The van der Waals surface area contributed by atoms with E-state index in [0.717, 1.165) is 31.2 Å². The quantitative estimate of drug-likeness (QED) is 0.857. The molecule has 0 spiro atoms. The summed E-state index contributed by atoms with van der Waals surface area (Å²) in [6.45, 7) is 3.87. The Labute approximate surface area is 132 Å². The summed E-state index contributed by atoms with van der Waals surface area (Å²) in [5.41, 5.74) is 0.756. The molecule has 122 valence electrons. The average molecular weight is 326 g/mol. The number of rotatable bonds is 3. The van der Waals surface area contributed by atoms with Crippen LogP contribution in [0, 0.1) is 11.7 Å². The minimum Gasteiger partial charge on any atom is -0.207 e. The first-order chi connectivity index (χ1) is 10.5. The highest BCUT2D eigenvalue weighted by atomic mass is 32.2. The highest BCUT2D eigenvalue weighted by Gasteiger charge is 2.39. The Bertz CT molecular complexity index is 627. The van der Waals surface area contributed by atoms with E-state index in [0.29, 0.717) is 25.6 Å². The number of piperidine rings is 1. The molecule has 2 fully saturated rings. The van der Waals surface area contributed by atoms with Gasteiger partial charge >= 0.3 is 0 Å². The Balaban J connectivity index is 1.83. The van der Waals surface area contributed by atoms with Crippen LogP contribution in [0.4, 0.5) is 4.39 Å². The first-order valence-corrected chi connectivity index (χ1v) is 9.40. The third kappa shape index (κ3) is 3.05. The Hall–Kier alpha value is -0.980. The zero-order valence-corrected chi connectivity index (χ0v) is 13.7. The van der Waals surface area contributed by atoms with E-state index in [4.69, 9.17) is 0 Å². The van der Waals surface area contributed by atoms with Gasteiger partial charge in [0.15, 0.2) is 0 Å². The lowest BCUT2D eigenvalue weighted by Gasteiger charge is -2.34. The van der Waals surface area contributed by atoms with Crippen LogP contribution in [0.3, 0.4) is 0 Å². The summed E-state index contributed by atoms with van der Waals surface area (Å²) in [5, 5.41) is 0. The molecular weight excluding hydrogens is 303 g/mol. The van der Waals surface area contributed by atoms with Crippen LogP contribution in [-0.4, -0.2) is 36.7 Å². The monoisotopic (exact) mass is 326 g/mol. The van der Waals surface area contributed by atoms with Crippen molar-refractivity contribution in [2.24, 2.45) is 5.92 Å². The van der Waals surface area contributed by atoms with Gasteiger partial charge in [0.2, 0.25) is 0 Å². The molecule has 1 aromatic rings. The van der Waals surface area contributed by atoms with Crippen LogP contribution in [-0.2, 0) is 10.2 Å². The molecule has 1 atom stereocenters. The molecule has 2 aliphatic heterocycles. The summed E-state index contributed by atoms with van der Waals surface area (Å²) in [6, 6.07) is 6.08. The Morgan fingerprint density at radius 2 is 1.86 bits per heavy atom. The zero-order chi connectivity index (χ0) is 15.7. The van der Waals surface area contributed by atoms with Gasteiger partial charge in [0.1, 0.15) is 5.82 Å². The van der Waals surface area contributed by atoms with E-state index < -0.39 is 10.2 Å². The van der Waals surface area contributed by atoms with Crippen LogP contribution in [0.2, 0.25) is 0 Å². The van der Waals surface area contributed by atoms with Gasteiger partial charge in [-0.1, -0.05) is 19.1 Å². The van der Waals surface area contributed by atoms with Crippen molar-refractivity contribution in [2.75, 3.05) is 19.6 Å². The van der Waals surface area contributed by atoms with Crippen LogP contribution < -0.4 is 0 Å². The molecule has 2 heterocycles. The van der Waals surface area contributed by atoms with Crippen molar-refractivity contribution in [1.29, 1.82) is 0 Å². The molecule has 1 unspecified atom stereocenters. The SMILES string of the molecule is CC1CCN(S(=O)(=O)N2CCCC2c2cccc(F)c2)CC1. The van der Waals surface area contributed by atoms with E-state index in [1.165, 1.54) is 12.1 Å². The fourth-order valence-electron chi connectivity index (χ4n) is 3.43. The van der Waals surface area contributed by atoms with E-state index >= 15 is 0 Å². The molecule has 4 nitrogen and oxygen atoms in total. The molecule has 0 aliphatic carbocycles. The number of hydrogen-bond acceptors (Lipinski definition) is 2. The Morgan fingerprint density at radius 3 is 2.55 bits per heavy atom. The van der Waals surface area contributed by atoms with Crippen molar-refractivity contribution in [3.8, 4) is 0 Å². The minimum absolute atomic E-state index is 0.236. The van der Waals surface area contributed by atoms with Crippen molar-refractivity contribution in [3.63, 3.8) is 0 Å². The van der Waals surface area contributed by atoms with Crippen LogP contribution in [0.15, 0.2) is 24.3 Å². The maximum absolute atomic E-state index is 13.5. The predicted molar refractivity (Wildman–Crippen MR) is 84.0 cm³/mol. The van der Waals surface area contributed by atoms with Gasteiger partial charge < -0.3 is 0 Å². The lowest BCUT2D eigenvalue weighted by atomic mass is 10.0. The molecule has 0 bridgehead atoms. The van der Waals surface area contributed by atoms with Gasteiger partial charge in [-0.3, -0.25) is 0 Å². The summed E-state index contributed by atoms with van der Waals surface area (Å²) < 4.78 is 42.5. The van der Waals surface area contributed by atoms with Crippen molar-refractivity contribution in [1.82, 2.24) is 8.61 Å². The number of nitrogens with zero attached hydrogens (tertiary/aromatic N) is 2. The van der Waals surface area contributed by atoms with Gasteiger partial charge in [-0.05, 0) is 49.3 Å². The third-order valence-electron chi connectivity index (χ3n) is 4.80. The molecule has 22 heavy (non-hydrogen) atoms. The fraction of sp³-hybridized carbons (Fsp3) is 0.625. The zero-order valence-electron chi connectivity index (χ0n) is 12.9. The van der Waals surface area contributed by atoms with E-state index in [-0.39, 0.29) is 11.9 Å². The highest BCUT2D eigenvalue weighted by molar-refractivity contribution is 7.86. The van der Waals surface area contributed by atoms with Crippen molar-refractivity contribution < 1.29 is 12.8 Å². The molecule has 1 aromatic carbocycles. The molecule has 0 aromatic heterocycles. The smallest absolute Gasteiger partial charge is 0.207 e. The van der Waals surface area contributed by atoms with Gasteiger partial charge in [-0.2, -0.15) is 17.0 Å². The summed E-state index contributed by atoms with van der Waals surface area (Å²) in [5.74, 6) is 0.276. The van der Waals surface area contributed by atoms with Crippen LogP contribution in [0.5, 0.6) is 0 Å². The second kappa shape index (κ2) is 6.26. The Kier molecular flexibility index (Phi) is 4.52. The van der Waals surface area contributed by atoms with Gasteiger partial charge in [-0.25, -0.2) is 4.39 Å². The van der Waals surface area contributed by atoms with E-state index in [2.05, 4.69) is 6.92 Å². The molecule has 0 amide bonds. The number of benzene rings is 1. The van der Waals surface area contributed by atoms with Crippen molar-refractivity contribution in [3.05, 3.63) is 35.6 Å². The standard InChI is InChI=1S/C16H23FN2O2S/c1-13-7-10-18(11-8-13)22(20,21)19-9-3-6-16(19)14-4-2-5-15(17)12-14/h2,4-5,12-13,16H,3,6-11H2,1H3. The van der Waals surface area contributed by atoms with Gasteiger partial charge in [-0.15, -0.1) is 0 Å². The topological polar surface area (TPSA) is 40.6 Å². The molecule has 6 heteroatoms. The second-order valence-corrected chi connectivity index (χ2v) is 8.29. The van der Waals surface area contributed by atoms with Gasteiger partial charge in [0, 0.05) is 19.6 Å². The first-order valence-electron chi connectivity index (χ1n) is 8.01. The molecule has 2 aliphatic rings. The maximum atomic E-state index is 13.5. The maximum Gasteiger partial charge on any atom is 0.282 e. The van der Waals surface area contributed by atoms with Crippen LogP contribution in [0.25, 0.3) is 0 Å². The van der Waals surface area contributed by atoms with Crippen LogP contribution >= 0.6 is 0 Å². The van der Waals surface area contributed by atoms with Crippen LogP contribution in [0.1, 0.15) is 44.2 Å². The number of halogens is 1. The predicted octanol–water partition coefficient (Wildman–Crippen LogP) is 2.94. The molecule has 3 rings (SSSR count). The summed E-state index contributed by atoms with van der Waals surface area (Å²) in [7, 11) is -3.45. The highest BCUT2D eigenvalue weighted by Crippen LogP contribution is 2.36. The average Bonchev–Trinajstić information content (AvgIpc) is 2.98. The lowest BCUT2D eigenvalue weighted by Crippen LogP contribution is -2.46. The van der Waals surface area contributed by atoms with E-state index in [1.54, 1.807) is 14.7 Å². The molecule has 0 saturated carbocycles. The second-order valence-electron chi connectivity index (χ2n) is 6.41. The molecular formula is C16H23FN2O2S. The van der Waals surface area contributed by atoms with E-state index in [9.17, 15) is 12.8 Å².